The predicted molar refractivity (Wildman–Crippen MR) is 68.3 cm³/mol. The molecule has 1 aliphatic heterocycles. The number of carbonyl (C=O) groups is 2. The van der Waals surface area contributed by atoms with Crippen LogP contribution in [0, 0.1) is 0 Å². The van der Waals surface area contributed by atoms with E-state index in [2.05, 4.69) is 0 Å². The van der Waals surface area contributed by atoms with Crippen LogP contribution in [0.1, 0.15) is 32.4 Å². The van der Waals surface area contributed by atoms with Crippen molar-refractivity contribution in [3.8, 4) is 0 Å². The summed E-state index contributed by atoms with van der Waals surface area (Å²) in [4.78, 5) is 24.8. The van der Waals surface area contributed by atoms with Gasteiger partial charge in [-0.3, -0.25) is 9.69 Å². The van der Waals surface area contributed by atoms with Crippen molar-refractivity contribution in [1.29, 1.82) is 0 Å². The molecule has 1 heterocycles. The van der Waals surface area contributed by atoms with Crippen LogP contribution in [0.2, 0.25) is 0 Å². The van der Waals surface area contributed by atoms with Crippen molar-refractivity contribution in [2.45, 2.75) is 38.6 Å². The summed E-state index contributed by atoms with van der Waals surface area (Å²) in [7, 11) is 0. The van der Waals surface area contributed by atoms with E-state index < -0.39 is 29.7 Å². The Morgan fingerprint density at radius 2 is 1.84 bits per heavy atom. The Balaban J connectivity index is 2.20. The van der Waals surface area contributed by atoms with Crippen LogP contribution in [-0.2, 0) is 9.53 Å². The second-order valence-electron chi connectivity index (χ2n) is 5.48. The van der Waals surface area contributed by atoms with Crippen LogP contribution in [0.3, 0.4) is 0 Å². The summed E-state index contributed by atoms with van der Waals surface area (Å²) in [6, 6.07) is 8.10. The molecule has 1 aromatic carbocycles. The molecular formula is C14H17NO4. The minimum absolute atomic E-state index is 0.392. The second-order valence-corrected chi connectivity index (χ2v) is 5.48. The van der Waals surface area contributed by atoms with Gasteiger partial charge in [0, 0.05) is 0 Å². The molecule has 1 fully saturated rings. The van der Waals surface area contributed by atoms with Gasteiger partial charge in [0.15, 0.2) is 6.23 Å². The summed E-state index contributed by atoms with van der Waals surface area (Å²) >= 11 is 0. The summed E-state index contributed by atoms with van der Waals surface area (Å²) in [5.41, 5.74) is 0.0000933. The van der Waals surface area contributed by atoms with E-state index in [4.69, 9.17) is 4.74 Å². The molecule has 102 valence electrons. The molecule has 2 rings (SSSR count). The molecule has 1 N–H and O–H groups in total. The Hall–Kier alpha value is -1.88. The Labute approximate surface area is 111 Å². The van der Waals surface area contributed by atoms with Crippen molar-refractivity contribution >= 4 is 11.9 Å². The third kappa shape index (κ3) is 2.61. The van der Waals surface area contributed by atoms with Crippen molar-refractivity contribution in [1.82, 2.24) is 4.90 Å². The number of ether oxygens (including phenoxy) is 1. The van der Waals surface area contributed by atoms with Gasteiger partial charge < -0.3 is 9.84 Å². The van der Waals surface area contributed by atoms with Crippen LogP contribution >= 0.6 is 0 Å². The lowest BCUT2D eigenvalue weighted by molar-refractivity contribution is -0.167. The molecule has 1 saturated heterocycles. The molecule has 0 saturated carbocycles. The van der Waals surface area contributed by atoms with Gasteiger partial charge in [0.2, 0.25) is 5.78 Å². The Bertz CT molecular complexity index is 492. The van der Waals surface area contributed by atoms with E-state index in [1.165, 1.54) is 0 Å². The van der Waals surface area contributed by atoms with E-state index in [9.17, 15) is 14.7 Å². The SMILES string of the molecule is CC(C)(C)OC(=O)N1C(O)C(=O)[C@@H]1c1ccccc1. The zero-order valence-electron chi connectivity index (χ0n) is 11.2. The molecule has 0 bridgehead atoms. The smallest absolute Gasteiger partial charge is 0.413 e. The number of amides is 1. The Morgan fingerprint density at radius 3 is 2.37 bits per heavy atom. The second kappa shape index (κ2) is 4.66. The fraction of sp³-hybridized carbons (Fsp3) is 0.429. The van der Waals surface area contributed by atoms with Crippen LogP contribution in [0.15, 0.2) is 30.3 Å². The number of ketones is 1. The molecule has 0 aromatic heterocycles. The van der Waals surface area contributed by atoms with Gasteiger partial charge in [0.1, 0.15) is 11.6 Å². The van der Waals surface area contributed by atoms with E-state index in [1.807, 2.05) is 6.07 Å². The van der Waals surface area contributed by atoms with Gasteiger partial charge in [0.25, 0.3) is 0 Å². The topological polar surface area (TPSA) is 66.8 Å². The summed E-state index contributed by atoms with van der Waals surface area (Å²) in [5.74, 6) is -0.392. The normalized spacial score (nSPS) is 22.9. The molecule has 5 heteroatoms. The van der Waals surface area contributed by atoms with Crippen LogP contribution in [0.4, 0.5) is 4.79 Å². The fourth-order valence-corrected chi connectivity index (χ4v) is 1.95. The molecule has 19 heavy (non-hydrogen) atoms. The van der Waals surface area contributed by atoms with E-state index in [0.29, 0.717) is 5.56 Å². The molecule has 0 spiro atoms. The lowest BCUT2D eigenvalue weighted by Gasteiger charge is -2.43. The summed E-state index contributed by atoms with van der Waals surface area (Å²) in [6.45, 7) is 5.20. The molecular weight excluding hydrogens is 246 g/mol. The highest BCUT2D eigenvalue weighted by molar-refractivity contribution is 6.00. The van der Waals surface area contributed by atoms with Gasteiger partial charge in [-0.25, -0.2) is 4.79 Å². The highest BCUT2D eigenvalue weighted by Crippen LogP contribution is 2.35. The number of benzene rings is 1. The average Bonchev–Trinajstić information content (AvgIpc) is 2.33. The number of carbonyl (C=O) groups excluding carboxylic acids is 2. The fourth-order valence-electron chi connectivity index (χ4n) is 1.95. The average molecular weight is 263 g/mol. The number of likely N-dealkylation sites (tertiary alicyclic amines) is 1. The maximum Gasteiger partial charge on any atom is 0.413 e. The van der Waals surface area contributed by atoms with Crippen molar-refractivity contribution in [2.24, 2.45) is 0 Å². The summed E-state index contributed by atoms with van der Waals surface area (Å²) < 4.78 is 5.19. The maximum atomic E-state index is 12.0. The lowest BCUT2D eigenvalue weighted by Crippen LogP contribution is -2.62. The standard InChI is InChI=1S/C14H17NO4/c1-14(2,3)19-13(18)15-10(11(16)12(15)17)9-7-5-4-6-8-9/h4-8,10,12,17H,1-3H3/t10-,12?/m0/s1. The Kier molecular flexibility index (Phi) is 3.32. The quantitative estimate of drug-likeness (QED) is 0.840. The number of hydrogen-bond acceptors (Lipinski definition) is 4. The van der Waals surface area contributed by atoms with Crippen LogP contribution in [0.25, 0.3) is 0 Å². The third-order valence-corrected chi connectivity index (χ3v) is 2.79. The van der Waals surface area contributed by atoms with Gasteiger partial charge >= 0.3 is 6.09 Å². The van der Waals surface area contributed by atoms with Crippen LogP contribution < -0.4 is 0 Å². The van der Waals surface area contributed by atoms with Gasteiger partial charge in [-0.2, -0.15) is 0 Å². The number of hydrogen-bond donors (Lipinski definition) is 1. The van der Waals surface area contributed by atoms with Crippen molar-refractivity contribution in [3.05, 3.63) is 35.9 Å². The molecule has 1 amide bonds. The summed E-state index contributed by atoms with van der Waals surface area (Å²) in [6.07, 6.45) is -2.10. The zero-order chi connectivity index (χ0) is 14.2. The number of nitrogens with zero attached hydrogens (tertiary/aromatic N) is 1. The number of Topliss-reactive ketones (excluding diaryl/α,β-unsaturated/α-hetero) is 1. The van der Waals surface area contributed by atoms with E-state index >= 15 is 0 Å². The molecule has 1 aliphatic rings. The maximum absolute atomic E-state index is 12.0. The molecule has 1 aromatic rings. The predicted octanol–water partition coefficient (Wildman–Crippen LogP) is 1.87. The molecule has 1 unspecified atom stereocenters. The van der Waals surface area contributed by atoms with E-state index in [-0.39, 0.29) is 0 Å². The largest absolute Gasteiger partial charge is 0.444 e. The lowest BCUT2D eigenvalue weighted by atomic mass is 9.92. The number of aliphatic hydroxyl groups excluding tert-OH is 1. The van der Waals surface area contributed by atoms with E-state index in [1.54, 1.807) is 45.0 Å². The van der Waals surface area contributed by atoms with Gasteiger partial charge in [0.05, 0.1) is 0 Å². The first-order valence-electron chi connectivity index (χ1n) is 6.09. The first kappa shape index (κ1) is 13.5. The highest BCUT2D eigenvalue weighted by atomic mass is 16.6. The summed E-state index contributed by atoms with van der Waals surface area (Å²) in [5, 5.41) is 9.65. The highest BCUT2D eigenvalue weighted by Gasteiger charge is 2.51. The van der Waals surface area contributed by atoms with Crippen molar-refractivity contribution in [3.63, 3.8) is 0 Å². The Morgan fingerprint density at radius 1 is 1.26 bits per heavy atom. The minimum Gasteiger partial charge on any atom is -0.444 e. The van der Waals surface area contributed by atoms with Crippen molar-refractivity contribution < 1.29 is 19.4 Å². The zero-order valence-corrected chi connectivity index (χ0v) is 11.2. The third-order valence-electron chi connectivity index (χ3n) is 2.79. The van der Waals surface area contributed by atoms with Gasteiger partial charge in [-0.15, -0.1) is 0 Å². The number of rotatable bonds is 1. The molecule has 2 atom stereocenters. The van der Waals surface area contributed by atoms with Crippen molar-refractivity contribution in [2.75, 3.05) is 0 Å². The monoisotopic (exact) mass is 263 g/mol. The van der Waals surface area contributed by atoms with Crippen LogP contribution in [-0.4, -0.2) is 33.7 Å². The van der Waals surface area contributed by atoms with E-state index in [0.717, 1.165) is 4.90 Å². The molecule has 0 radical (unpaired) electrons. The van der Waals surface area contributed by atoms with Gasteiger partial charge in [-0.05, 0) is 26.3 Å². The molecule has 5 nitrogen and oxygen atoms in total. The first-order valence-corrected chi connectivity index (χ1v) is 6.09. The first-order chi connectivity index (χ1) is 8.81. The van der Waals surface area contributed by atoms with Gasteiger partial charge in [-0.1, -0.05) is 30.3 Å². The van der Waals surface area contributed by atoms with Crippen LogP contribution in [0.5, 0.6) is 0 Å². The number of aliphatic hydroxyl groups is 1. The molecule has 0 aliphatic carbocycles. The minimum atomic E-state index is -1.42.